The Morgan fingerprint density at radius 1 is 0.882 bits per heavy atom. The summed E-state index contributed by atoms with van der Waals surface area (Å²) in [6, 6.07) is 19.7. The van der Waals surface area contributed by atoms with Gasteiger partial charge in [0.1, 0.15) is 18.3 Å². The summed E-state index contributed by atoms with van der Waals surface area (Å²) in [5, 5.41) is 10.2. The van der Waals surface area contributed by atoms with Crippen molar-refractivity contribution < 1.29 is 9.84 Å². The van der Waals surface area contributed by atoms with E-state index in [4.69, 9.17) is 4.74 Å². The fourth-order valence-electron chi connectivity index (χ4n) is 2.11. The lowest BCUT2D eigenvalue weighted by Gasteiger charge is -2.07. The number of rotatable bonds is 3. The molecule has 86 valence electrons. The molecule has 3 atom stereocenters. The van der Waals surface area contributed by atoms with Crippen LogP contribution in [0, 0.1) is 0 Å². The summed E-state index contributed by atoms with van der Waals surface area (Å²) < 4.78 is 5.57. The summed E-state index contributed by atoms with van der Waals surface area (Å²) in [4.78, 5) is 0. The van der Waals surface area contributed by atoms with Crippen molar-refractivity contribution in [2.45, 2.75) is 18.3 Å². The van der Waals surface area contributed by atoms with Crippen molar-refractivity contribution in [1.82, 2.24) is 0 Å². The number of epoxide rings is 1. The van der Waals surface area contributed by atoms with E-state index in [-0.39, 0.29) is 12.2 Å². The number of hydrogen-bond acceptors (Lipinski definition) is 2. The van der Waals surface area contributed by atoms with Gasteiger partial charge < -0.3 is 9.84 Å². The lowest BCUT2D eigenvalue weighted by Crippen LogP contribution is -2.05. The fourth-order valence-corrected chi connectivity index (χ4v) is 2.11. The molecule has 0 amide bonds. The summed E-state index contributed by atoms with van der Waals surface area (Å²) in [6.45, 7) is 0. The number of hydrogen-bond donors (Lipinski definition) is 1. The van der Waals surface area contributed by atoms with Gasteiger partial charge in [-0.15, -0.1) is 0 Å². The predicted molar refractivity (Wildman–Crippen MR) is 65.5 cm³/mol. The first kappa shape index (κ1) is 10.5. The van der Waals surface area contributed by atoms with Gasteiger partial charge in [0.15, 0.2) is 0 Å². The molecule has 2 aromatic carbocycles. The Bertz CT molecular complexity index is 481. The zero-order valence-electron chi connectivity index (χ0n) is 9.36. The number of aliphatic hydroxyl groups excluding tert-OH is 1. The molecule has 17 heavy (non-hydrogen) atoms. The van der Waals surface area contributed by atoms with Crippen LogP contribution in [-0.4, -0.2) is 11.2 Å². The summed E-state index contributed by atoms with van der Waals surface area (Å²) in [5.74, 6) is 0. The van der Waals surface area contributed by atoms with Gasteiger partial charge in [0.25, 0.3) is 0 Å². The fraction of sp³-hybridized carbons (Fsp3) is 0.200. The van der Waals surface area contributed by atoms with Gasteiger partial charge in [0.05, 0.1) is 0 Å². The standard InChI is InChI=1S/C15H14O2/c16-13(11-7-3-1-4-8-11)15-14(17-15)12-9-5-2-6-10-12/h1-10,13-16H/t13-,14-,15+/m0/s1. The molecule has 1 aliphatic heterocycles. The average Bonchev–Trinajstić information content (AvgIpc) is 3.20. The van der Waals surface area contributed by atoms with Crippen molar-refractivity contribution in [2.24, 2.45) is 0 Å². The molecular weight excluding hydrogens is 212 g/mol. The zero-order chi connectivity index (χ0) is 11.7. The van der Waals surface area contributed by atoms with Gasteiger partial charge in [0, 0.05) is 0 Å². The van der Waals surface area contributed by atoms with E-state index in [1.165, 1.54) is 0 Å². The molecule has 0 radical (unpaired) electrons. The van der Waals surface area contributed by atoms with Gasteiger partial charge in [-0.25, -0.2) is 0 Å². The minimum atomic E-state index is -0.540. The van der Waals surface area contributed by atoms with Gasteiger partial charge in [-0.3, -0.25) is 0 Å². The molecule has 1 N–H and O–H groups in total. The molecule has 0 aromatic heterocycles. The molecule has 0 aliphatic carbocycles. The first-order chi connectivity index (χ1) is 8.36. The third-order valence-corrected chi connectivity index (χ3v) is 3.11. The van der Waals surface area contributed by atoms with Crippen LogP contribution in [0.15, 0.2) is 60.7 Å². The van der Waals surface area contributed by atoms with E-state index in [2.05, 4.69) is 0 Å². The SMILES string of the molecule is O[C@@H](c1ccccc1)[C@H]1O[C@H]1c1ccccc1. The Kier molecular flexibility index (Phi) is 2.67. The first-order valence-electron chi connectivity index (χ1n) is 5.79. The largest absolute Gasteiger partial charge is 0.386 e. The first-order valence-corrected chi connectivity index (χ1v) is 5.79. The highest BCUT2D eigenvalue weighted by molar-refractivity contribution is 5.26. The molecule has 1 saturated heterocycles. The maximum absolute atomic E-state index is 10.2. The molecule has 0 bridgehead atoms. The minimum Gasteiger partial charge on any atom is -0.386 e. The Labute approximate surface area is 100 Å². The predicted octanol–water partition coefficient (Wildman–Crippen LogP) is 2.86. The quantitative estimate of drug-likeness (QED) is 0.816. The highest BCUT2D eigenvalue weighted by Gasteiger charge is 2.45. The number of aliphatic hydroxyl groups is 1. The molecule has 3 rings (SSSR count). The van der Waals surface area contributed by atoms with Crippen molar-refractivity contribution in [2.75, 3.05) is 0 Å². The molecule has 2 aromatic rings. The van der Waals surface area contributed by atoms with E-state index in [1.54, 1.807) is 0 Å². The van der Waals surface area contributed by atoms with Crippen LogP contribution in [0.3, 0.4) is 0 Å². The molecule has 1 fully saturated rings. The van der Waals surface area contributed by atoms with Crippen LogP contribution < -0.4 is 0 Å². The molecule has 2 nitrogen and oxygen atoms in total. The van der Waals surface area contributed by atoms with E-state index in [9.17, 15) is 5.11 Å². The molecule has 2 heteroatoms. The van der Waals surface area contributed by atoms with Gasteiger partial charge in [0.2, 0.25) is 0 Å². The Hall–Kier alpha value is -1.64. The Balaban J connectivity index is 1.73. The van der Waals surface area contributed by atoms with Crippen molar-refractivity contribution in [3.63, 3.8) is 0 Å². The molecule has 1 aliphatic rings. The normalized spacial score (nSPS) is 24.3. The average molecular weight is 226 g/mol. The summed E-state index contributed by atoms with van der Waals surface area (Å²) in [6.07, 6.45) is -0.618. The van der Waals surface area contributed by atoms with Crippen molar-refractivity contribution in [3.8, 4) is 0 Å². The summed E-state index contributed by atoms with van der Waals surface area (Å²) >= 11 is 0. The number of ether oxygens (including phenoxy) is 1. The lowest BCUT2D eigenvalue weighted by molar-refractivity contribution is 0.137. The Morgan fingerprint density at radius 3 is 2.12 bits per heavy atom. The number of benzene rings is 2. The molecule has 0 saturated carbocycles. The van der Waals surface area contributed by atoms with Gasteiger partial charge in [-0.1, -0.05) is 60.7 Å². The minimum absolute atomic E-state index is 0.0337. The van der Waals surface area contributed by atoms with Crippen LogP contribution in [0.2, 0.25) is 0 Å². The highest BCUT2D eigenvalue weighted by Crippen LogP contribution is 2.45. The van der Waals surface area contributed by atoms with Crippen molar-refractivity contribution in [1.29, 1.82) is 0 Å². The maximum atomic E-state index is 10.2. The van der Waals surface area contributed by atoms with E-state index >= 15 is 0 Å². The van der Waals surface area contributed by atoms with Crippen molar-refractivity contribution in [3.05, 3.63) is 71.8 Å². The van der Waals surface area contributed by atoms with Crippen LogP contribution in [0.5, 0.6) is 0 Å². The third kappa shape index (κ3) is 2.09. The molecule has 0 unspecified atom stereocenters. The van der Waals surface area contributed by atoms with Crippen LogP contribution in [0.25, 0.3) is 0 Å². The second-order valence-electron chi connectivity index (χ2n) is 4.29. The van der Waals surface area contributed by atoms with Crippen molar-refractivity contribution >= 4 is 0 Å². The topological polar surface area (TPSA) is 32.8 Å². The zero-order valence-corrected chi connectivity index (χ0v) is 9.36. The van der Waals surface area contributed by atoms with E-state index < -0.39 is 6.10 Å². The van der Waals surface area contributed by atoms with E-state index in [1.807, 2.05) is 60.7 Å². The van der Waals surface area contributed by atoms with Crippen LogP contribution in [0.4, 0.5) is 0 Å². The van der Waals surface area contributed by atoms with Gasteiger partial charge in [-0.05, 0) is 11.1 Å². The smallest absolute Gasteiger partial charge is 0.119 e. The summed E-state index contributed by atoms with van der Waals surface area (Å²) in [7, 11) is 0. The second kappa shape index (κ2) is 4.32. The van der Waals surface area contributed by atoms with Crippen LogP contribution >= 0.6 is 0 Å². The van der Waals surface area contributed by atoms with Gasteiger partial charge in [-0.2, -0.15) is 0 Å². The third-order valence-electron chi connectivity index (χ3n) is 3.11. The maximum Gasteiger partial charge on any atom is 0.119 e. The monoisotopic (exact) mass is 226 g/mol. The molecular formula is C15H14O2. The van der Waals surface area contributed by atoms with E-state index in [0.717, 1.165) is 11.1 Å². The lowest BCUT2D eigenvalue weighted by atomic mass is 10.0. The highest BCUT2D eigenvalue weighted by atomic mass is 16.6. The van der Waals surface area contributed by atoms with Gasteiger partial charge >= 0.3 is 0 Å². The molecule has 1 heterocycles. The van der Waals surface area contributed by atoms with Crippen LogP contribution in [0.1, 0.15) is 23.3 Å². The molecule has 0 spiro atoms. The van der Waals surface area contributed by atoms with Crippen LogP contribution in [-0.2, 0) is 4.74 Å². The summed E-state index contributed by atoms with van der Waals surface area (Å²) in [5.41, 5.74) is 2.04. The van der Waals surface area contributed by atoms with E-state index in [0.29, 0.717) is 0 Å². The Morgan fingerprint density at radius 2 is 1.47 bits per heavy atom. The second-order valence-corrected chi connectivity index (χ2v) is 4.29.